The van der Waals surface area contributed by atoms with Gasteiger partial charge in [0.2, 0.25) is 11.2 Å². The second kappa shape index (κ2) is 7.60. The van der Waals surface area contributed by atoms with Gasteiger partial charge in [0.1, 0.15) is 17.6 Å². The normalized spacial score (nSPS) is 10.5. The summed E-state index contributed by atoms with van der Waals surface area (Å²) in [5.41, 5.74) is 5.01. The van der Waals surface area contributed by atoms with Gasteiger partial charge in [-0.2, -0.15) is 0 Å². The van der Waals surface area contributed by atoms with Gasteiger partial charge in [0.15, 0.2) is 18.1 Å². The molecule has 0 bridgehead atoms. The quantitative estimate of drug-likeness (QED) is 0.699. The Balaban J connectivity index is 1.91. The van der Waals surface area contributed by atoms with E-state index in [1.807, 2.05) is 13.0 Å². The fourth-order valence-electron chi connectivity index (χ4n) is 2.33. The number of hydrogen-bond donors (Lipinski definition) is 1. The number of nitrogens with two attached hydrogens (primary N) is 1. The smallest absolute Gasteiger partial charge is 0.255 e. The van der Waals surface area contributed by atoms with Crippen molar-refractivity contribution in [3.05, 3.63) is 59.0 Å². The minimum atomic E-state index is -0.594. The van der Waals surface area contributed by atoms with Gasteiger partial charge < -0.3 is 24.4 Å². The Morgan fingerprint density at radius 1 is 1.08 bits per heavy atom. The van der Waals surface area contributed by atoms with Gasteiger partial charge in [-0.15, -0.1) is 0 Å². The molecular weight excluding hydrogens is 338 g/mol. The highest BCUT2D eigenvalue weighted by Crippen LogP contribution is 2.31. The summed E-state index contributed by atoms with van der Waals surface area (Å²) < 4.78 is 21.9. The molecule has 7 nitrogen and oxygen atoms in total. The Morgan fingerprint density at radius 2 is 1.85 bits per heavy atom. The Morgan fingerprint density at radius 3 is 2.58 bits per heavy atom. The third kappa shape index (κ3) is 3.77. The van der Waals surface area contributed by atoms with Crippen molar-refractivity contribution in [3.8, 4) is 23.0 Å². The Bertz CT molecular complexity index is 995. The maximum atomic E-state index is 12.6. The SMILES string of the molecule is CCOc1ccccc1Oc1coc2cc(OCC(N)=O)ccc2c1=O. The van der Waals surface area contributed by atoms with Crippen molar-refractivity contribution in [1.82, 2.24) is 0 Å². The van der Waals surface area contributed by atoms with E-state index in [1.165, 1.54) is 12.3 Å². The topological polar surface area (TPSA) is 101 Å². The molecule has 26 heavy (non-hydrogen) atoms. The van der Waals surface area contributed by atoms with Gasteiger partial charge in [0.05, 0.1) is 12.0 Å². The van der Waals surface area contributed by atoms with E-state index in [1.54, 1.807) is 30.3 Å². The molecule has 0 fully saturated rings. The molecule has 1 amide bonds. The van der Waals surface area contributed by atoms with E-state index in [9.17, 15) is 9.59 Å². The summed E-state index contributed by atoms with van der Waals surface area (Å²) in [6.45, 7) is 2.07. The molecule has 0 radical (unpaired) electrons. The summed E-state index contributed by atoms with van der Waals surface area (Å²) in [5, 5.41) is 0.322. The van der Waals surface area contributed by atoms with Crippen molar-refractivity contribution in [2.75, 3.05) is 13.2 Å². The second-order valence-electron chi connectivity index (χ2n) is 5.32. The van der Waals surface area contributed by atoms with Gasteiger partial charge >= 0.3 is 0 Å². The average molecular weight is 355 g/mol. The summed E-state index contributed by atoms with van der Waals surface area (Å²) in [5.74, 6) is 0.764. The number of carbonyl (C=O) groups is 1. The summed E-state index contributed by atoms with van der Waals surface area (Å²) >= 11 is 0. The van der Waals surface area contributed by atoms with Gasteiger partial charge in [-0.1, -0.05) is 12.1 Å². The van der Waals surface area contributed by atoms with E-state index < -0.39 is 5.91 Å². The number of primary amides is 1. The van der Waals surface area contributed by atoms with Crippen LogP contribution in [0.3, 0.4) is 0 Å². The van der Waals surface area contributed by atoms with Crippen molar-refractivity contribution >= 4 is 16.9 Å². The molecule has 1 aromatic heterocycles. The average Bonchev–Trinajstić information content (AvgIpc) is 2.64. The predicted octanol–water partition coefficient (Wildman–Crippen LogP) is 2.85. The van der Waals surface area contributed by atoms with Crippen LogP contribution < -0.4 is 25.4 Å². The molecular formula is C19H17NO6. The maximum Gasteiger partial charge on any atom is 0.255 e. The van der Waals surface area contributed by atoms with Crippen LogP contribution in [-0.2, 0) is 4.79 Å². The molecule has 7 heteroatoms. The van der Waals surface area contributed by atoms with Gasteiger partial charge in [0, 0.05) is 6.07 Å². The van der Waals surface area contributed by atoms with Gasteiger partial charge in [0.25, 0.3) is 5.91 Å². The van der Waals surface area contributed by atoms with Gasteiger partial charge in [-0.3, -0.25) is 9.59 Å². The molecule has 0 unspecified atom stereocenters. The van der Waals surface area contributed by atoms with Crippen LogP contribution in [0.4, 0.5) is 0 Å². The Hall–Kier alpha value is -3.48. The van der Waals surface area contributed by atoms with Crippen LogP contribution in [0.25, 0.3) is 11.0 Å². The number of ether oxygens (including phenoxy) is 3. The molecule has 0 aliphatic rings. The third-order valence-corrected chi connectivity index (χ3v) is 3.46. The molecule has 3 rings (SSSR count). The first-order chi connectivity index (χ1) is 12.6. The van der Waals surface area contributed by atoms with Gasteiger partial charge in [-0.25, -0.2) is 0 Å². The lowest BCUT2D eigenvalue weighted by Gasteiger charge is -2.11. The summed E-state index contributed by atoms with van der Waals surface area (Å²) in [4.78, 5) is 23.4. The summed E-state index contributed by atoms with van der Waals surface area (Å²) in [6.07, 6.45) is 1.23. The molecule has 0 atom stereocenters. The zero-order chi connectivity index (χ0) is 18.5. The lowest BCUT2D eigenvalue weighted by atomic mass is 10.2. The van der Waals surface area contributed by atoms with Crippen molar-refractivity contribution < 1.29 is 23.4 Å². The number of carbonyl (C=O) groups excluding carboxylic acids is 1. The number of rotatable bonds is 7. The van der Waals surface area contributed by atoms with Crippen LogP contribution in [-0.4, -0.2) is 19.1 Å². The minimum absolute atomic E-state index is 0.0375. The highest BCUT2D eigenvalue weighted by molar-refractivity contribution is 5.79. The van der Waals surface area contributed by atoms with Crippen molar-refractivity contribution in [1.29, 1.82) is 0 Å². The van der Waals surface area contributed by atoms with E-state index in [0.29, 0.717) is 34.8 Å². The molecule has 0 spiro atoms. The first-order valence-electron chi connectivity index (χ1n) is 7.95. The van der Waals surface area contributed by atoms with Crippen LogP contribution >= 0.6 is 0 Å². The van der Waals surface area contributed by atoms with Crippen molar-refractivity contribution in [2.24, 2.45) is 5.73 Å². The fraction of sp³-hybridized carbons (Fsp3) is 0.158. The van der Waals surface area contributed by atoms with Crippen molar-refractivity contribution in [3.63, 3.8) is 0 Å². The van der Waals surface area contributed by atoms with Gasteiger partial charge in [-0.05, 0) is 31.2 Å². The molecule has 3 aromatic rings. The van der Waals surface area contributed by atoms with Crippen LogP contribution in [0.2, 0.25) is 0 Å². The zero-order valence-electron chi connectivity index (χ0n) is 14.1. The molecule has 0 saturated heterocycles. The lowest BCUT2D eigenvalue weighted by molar-refractivity contribution is -0.119. The minimum Gasteiger partial charge on any atom is -0.490 e. The number of hydrogen-bond acceptors (Lipinski definition) is 6. The number of para-hydroxylation sites is 2. The van der Waals surface area contributed by atoms with E-state index in [2.05, 4.69) is 0 Å². The first-order valence-corrected chi connectivity index (χ1v) is 7.95. The number of fused-ring (bicyclic) bond motifs is 1. The summed E-state index contributed by atoms with van der Waals surface area (Å²) in [6, 6.07) is 11.7. The lowest BCUT2D eigenvalue weighted by Crippen LogP contribution is -2.20. The molecule has 2 N–H and O–H groups in total. The Kier molecular flexibility index (Phi) is 5.07. The van der Waals surface area contributed by atoms with Crippen LogP contribution in [0.1, 0.15) is 6.92 Å². The van der Waals surface area contributed by atoms with E-state index >= 15 is 0 Å². The molecule has 0 aliphatic heterocycles. The maximum absolute atomic E-state index is 12.6. The molecule has 1 heterocycles. The summed E-state index contributed by atoms with van der Waals surface area (Å²) in [7, 11) is 0. The molecule has 0 saturated carbocycles. The predicted molar refractivity (Wildman–Crippen MR) is 94.9 cm³/mol. The largest absolute Gasteiger partial charge is 0.490 e. The van der Waals surface area contributed by atoms with E-state index in [4.69, 9.17) is 24.4 Å². The number of benzene rings is 2. The van der Waals surface area contributed by atoms with E-state index in [0.717, 1.165) is 0 Å². The number of amides is 1. The second-order valence-corrected chi connectivity index (χ2v) is 5.32. The van der Waals surface area contributed by atoms with Crippen LogP contribution in [0.5, 0.6) is 23.0 Å². The third-order valence-electron chi connectivity index (χ3n) is 3.46. The van der Waals surface area contributed by atoms with E-state index in [-0.39, 0.29) is 17.8 Å². The highest BCUT2D eigenvalue weighted by Gasteiger charge is 2.13. The monoisotopic (exact) mass is 355 g/mol. The van der Waals surface area contributed by atoms with Crippen LogP contribution in [0, 0.1) is 0 Å². The van der Waals surface area contributed by atoms with Crippen molar-refractivity contribution in [2.45, 2.75) is 6.92 Å². The fourth-order valence-corrected chi connectivity index (χ4v) is 2.33. The Labute approximate surface area is 148 Å². The highest BCUT2D eigenvalue weighted by atomic mass is 16.5. The van der Waals surface area contributed by atoms with Crippen LogP contribution in [0.15, 0.2) is 57.9 Å². The molecule has 134 valence electrons. The first kappa shape index (κ1) is 17.3. The molecule has 2 aromatic carbocycles. The molecule has 0 aliphatic carbocycles. The standard InChI is InChI=1S/C19H17NO6/c1-2-23-14-5-3-4-6-15(14)26-17-10-25-16-9-12(24-11-18(20)21)7-8-13(16)19(17)22/h3-10H,2,11H2,1H3,(H2,20,21). The zero-order valence-corrected chi connectivity index (χ0v) is 14.1.